The molecule has 4 aliphatic heterocycles. The molecule has 0 saturated carbocycles. The Morgan fingerprint density at radius 2 is 1.05 bits per heavy atom. The summed E-state index contributed by atoms with van der Waals surface area (Å²) >= 11 is 3.12. The van der Waals surface area contributed by atoms with Crippen molar-refractivity contribution in [2.45, 2.75) is 60.8 Å². The third-order valence-corrected chi connectivity index (χ3v) is 10.6. The van der Waals surface area contributed by atoms with Gasteiger partial charge < -0.3 is 30.2 Å². The van der Waals surface area contributed by atoms with Crippen molar-refractivity contribution >= 4 is 47.3 Å². The number of hydrogen-bond donors (Lipinski definition) is 4. The van der Waals surface area contributed by atoms with Crippen LogP contribution < -0.4 is 0 Å². The second-order valence-corrected chi connectivity index (χ2v) is 13.3. The van der Waals surface area contributed by atoms with E-state index in [1.807, 2.05) is 60.7 Å². The van der Waals surface area contributed by atoms with Crippen LogP contribution in [-0.2, 0) is 19.2 Å². The molecular weight excluding hydrogens is 604 g/mol. The van der Waals surface area contributed by atoms with Gasteiger partial charge in [0.25, 0.3) is 0 Å². The van der Waals surface area contributed by atoms with Gasteiger partial charge in [-0.3, -0.25) is 9.59 Å². The van der Waals surface area contributed by atoms with Crippen molar-refractivity contribution in [2.75, 3.05) is 11.5 Å². The molecule has 0 aliphatic carbocycles. The number of thioether (sulfide) groups is 2. The molecule has 0 spiro atoms. The summed E-state index contributed by atoms with van der Waals surface area (Å²) in [5.41, 5.74) is 1.75. The highest BCUT2D eigenvalue weighted by atomic mass is 32.2. The Bertz CT molecular complexity index is 1400. The van der Waals surface area contributed by atoms with E-state index < -0.39 is 36.0 Å². The number of carbonyl (C=O) groups excluding carboxylic acids is 2. The second kappa shape index (κ2) is 13.2. The Labute approximate surface area is 263 Å². The molecule has 4 aliphatic rings. The lowest BCUT2D eigenvalue weighted by atomic mass is 9.83. The smallest absolute Gasteiger partial charge is 0.352 e. The van der Waals surface area contributed by atoms with Crippen LogP contribution in [0.3, 0.4) is 0 Å². The molecule has 4 heterocycles. The third kappa shape index (κ3) is 6.03. The van der Waals surface area contributed by atoms with Crippen LogP contribution >= 0.6 is 23.5 Å². The molecule has 2 fully saturated rings. The molecule has 232 valence electrons. The molecule has 2 saturated heterocycles. The first-order chi connectivity index (χ1) is 21.0. The molecule has 6 atom stereocenters. The van der Waals surface area contributed by atoms with Crippen molar-refractivity contribution in [1.82, 2.24) is 9.80 Å². The number of aliphatic hydroxyl groups is 2. The molecule has 4 N–H and O–H groups in total. The fourth-order valence-corrected chi connectivity index (χ4v) is 8.24. The quantitative estimate of drug-likeness (QED) is 0.225. The second-order valence-electron chi connectivity index (χ2n) is 11.2. The number of benzene rings is 2. The van der Waals surface area contributed by atoms with E-state index in [2.05, 4.69) is 0 Å². The Balaban J connectivity index is 0.000000175. The lowest BCUT2D eigenvalue weighted by Crippen LogP contribution is -2.61. The summed E-state index contributed by atoms with van der Waals surface area (Å²) in [7, 11) is 0. The summed E-state index contributed by atoms with van der Waals surface area (Å²) in [5, 5.41) is 38.2. The minimum atomic E-state index is -1.07. The number of hydrogen-bond acceptors (Lipinski definition) is 8. The highest BCUT2D eigenvalue weighted by molar-refractivity contribution is 7.99. The van der Waals surface area contributed by atoms with Gasteiger partial charge in [-0.25, -0.2) is 9.59 Å². The standard InChI is InChI=1S/2C16H17NO4S/c2*1-9(18)13-12-7-10(8-22-11-5-3-2-4-6-11)14(16(20)21)17(12)15(13)19/h2*2-6,9,12-13,18H,7-8H2,1H3,(H,20,21)/t2*9-,12-,13-/m11/s1. The van der Waals surface area contributed by atoms with Gasteiger partial charge in [-0.15, -0.1) is 23.5 Å². The largest absolute Gasteiger partial charge is 0.477 e. The van der Waals surface area contributed by atoms with E-state index in [4.69, 9.17) is 0 Å². The summed E-state index contributed by atoms with van der Waals surface area (Å²) in [6.45, 7) is 3.16. The maximum Gasteiger partial charge on any atom is 0.352 e. The molecule has 2 aromatic carbocycles. The predicted molar refractivity (Wildman–Crippen MR) is 164 cm³/mol. The molecule has 0 unspecified atom stereocenters. The summed E-state index contributed by atoms with van der Waals surface area (Å²) in [5.74, 6) is -2.57. The van der Waals surface area contributed by atoms with Crippen LogP contribution in [0.5, 0.6) is 0 Å². The highest BCUT2D eigenvalue weighted by Gasteiger charge is 2.57. The molecular formula is C32H34N2O8S2. The van der Waals surface area contributed by atoms with Gasteiger partial charge in [0.05, 0.1) is 36.1 Å². The fourth-order valence-electron chi connectivity index (χ4n) is 6.35. The number of aliphatic carboxylic acids is 2. The average Bonchev–Trinajstić information content (AvgIpc) is 3.49. The lowest BCUT2D eigenvalue weighted by molar-refractivity contribution is -0.161. The Morgan fingerprint density at radius 3 is 1.34 bits per heavy atom. The van der Waals surface area contributed by atoms with Gasteiger partial charge in [0.2, 0.25) is 11.8 Å². The maximum absolute atomic E-state index is 12.1. The minimum absolute atomic E-state index is 0.107. The maximum atomic E-state index is 12.1. The van der Waals surface area contributed by atoms with Gasteiger partial charge >= 0.3 is 11.9 Å². The monoisotopic (exact) mass is 638 g/mol. The summed E-state index contributed by atoms with van der Waals surface area (Å²) < 4.78 is 0. The van der Waals surface area contributed by atoms with Gasteiger partial charge in [0.15, 0.2) is 0 Å². The fraction of sp³-hybridized carbons (Fsp3) is 0.375. The molecule has 6 rings (SSSR count). The molecule has 12 heteroatoms. The topological polar surface area (TPSA) is 156 Å². The van der Waals surface area contributed by atoms with Gasteiger partial charge in [-0.1, -0.05) is 36.4 Å². The van der Waals surface area contributed by atoms with Crippen LogP contribution in [0.4, 0.5) is 0 Å². The first kappa shape index (κ1) is 31.8. The van der Waals surface area contributed by atoms with Crippen molar-refractivity contribution < 1.29 is 39.6 Å². The molecule has 0 radical (unpaired) electrons. The Hall–Kier alpha value is -3.58. The van der Waals surface area contributed by atoms with Crippen molar-refractivity contribution in [2.24, 2.45) is 11.8 Å². The molecule has 44 heavy (non-hydrogen) atoms. The van der Waals surface area contributed by atoms with Crippen LogP contribution in [0.1, 0.15) is 26.7 Å². The number of carboxylic acid groups (broad SMARTS) is 2. The summed E-state index contributed by atoms with van der Waals surface area (Å²) in [6, 6.07) is 19.1. The van der Waals surface area contributed by atoms with E-state index in [0.29, 0.717) is 24.3 Å². The van der Waals surface area contributed by atoms with Crippen molar-refractivity contribution in [3.63, 3.8) is 0 Å². The van der Waals surface area contributed by atoms with E-state index in [1.165, 1.54) is 9.80 Å². The third-order valence-electron chi connectivity index (χ3n) is 8.36. The number of rotatable bonds is 10. The lowest BCUT2D eigenvalue weighted by Gasteiger charge is -2.44. The number of carboxylic acids is 2. The summed E-state index contributed by atoms with van der Waals surface area (Å²) in [4.78, 5) is 52.0. The number of fused-ring (bicyclic) bond motifs is 2. The predicted octanol–water partition coefficient (Wildman–Crippen LogP) is 3.46. The van der Waals surface area contributed by atoms with E-state index in [9.17, 15) is 39.6 Å². The van der Waals surface area contributed by atoms with Crippen molar-refractivity contribution in [3.8, 4) is 0 Å². The minimum Gasteiger partial charge on any atom is -0.477 e. The van der Waals surface area contributed by atoms with Gasteiger partial charge in [0, 0.05) is 21.3 Å². The molecule has 0 aromatic heterocycles. The molecule has 2 aromatic rings. The van der Waals surface area contributed by atoms with Crippen LogP contribution in [0.15, 0.2) is 93.0 Å². The van der Waals surface area contributed by atoms with Gasteiger partial charge in [-0.05, 0) is 62.1 Å². The van der Waals surface area contributed by atoms with Crippen LogP contribution in [0.2, 0.25) is 0 Å². The zero-order chi connectivity index (χ0) is 31.7. The van der Waals surface area contributed by atoms with E-state index >= 15 is 0 Å². The van der Waals surface area contributed by atoms with Crippen LogP contribution in [0, 0.1) is 11.8 Å². The van der Waals surface area contributed by atoms with Crippen molar-refractivity contribution in [1.29, 1.82) is 0 Å². The van der Waals surface area contributed by atoms with Crippen molar-refractivity contribution in [3.05, 3.63) is 83.2 Å². The normalized spacial score (nSPS) is 25.0. The number of nitrogens with zero attached hydrogens (tertiary/aromatic N) is 2. The first-order valence-electron chi connectivity index (χ1n) is 14.3. The summed E-state index contributed by atoms with van der Waals surface area (Å²) in [6.07, 6.45) is -0.430. The Morgan fingerprint density at radius 1 is 0.705 bits per heavy atom. The number of aliphatic hydroxyl groups excluding tert-OH is 2. The number of amides is 2. The zero-order valence-electron chi connectivity index (χ0n) is 24.2. The number of carbonyl (C=O) groups is 4. The molecule has 0 bridgehead atoms. The number of β-lactam (4-membered cyclic amide) rings is 2. The average molecular weight is 639 g/mol. The molecule has 10 nitrogen and oxygen atoms in total. The van der Waals surface area contributed by atoms with E-state index in [1.54, 1.807) is 37.4 Å². The van der Waals surface area contributed by atoms with Gasteiger partial charge in [0.1, 0.15) is 11.4 Å². The van der Waals surface area contributed by atoms with E-state index in [-0.39, 0.29) is 35.3 Å². The first-order valence-corrected chi connectivity index (χ1v) is 16.3. The molecule has 2 amide bonds. The zero-order valence-corrected chi connectivity index (χ0v) is 25.8. The van der Waals surface area contributed by atoms with Crippen LogP contribution in [0.25, 0.3) is 0 Å². The van der Waals surface area contributed by atoms with E-state index in [0.717, 1.165) is 20.9 Å². The SMILES string of the molecule is C[C@@H](O)[C@H]1C(=O)N2C(C(=O)O)=C(CSc3ccccc3)C[C@H]12.C[C@@H](O)[C@H]1C(=O)N2C(C(=O)O)=C(CSc3ccccc3)C[C@H]12. The highest BCUT2D eigenvalue weighted by Crippen LogP contribution is 2.46. The van der Waals surface area contributed by atoms with Gasteiger partial charge in [-0.2, -0.15) is 0 Å². The van der Waals surface area contributed by atoms with Crippen LogP contribution in [-0.4, -0.2) is 89.8 Å². The Kier molecular flexibility index (Phi) is 9.54.